The van der Waals surface area contributed by atoms with E-state index in [9.17, 15) is 4.79 Å². The number of rotatable bonds is 11. The van der Waals surface area contributed by atoms with Crippen molar-refractivity contribution in [1.29, 1.82) is 0 Å². The number of unbranched alkanes of at least 4 members (excludes halogenated alkanes) is 2. The summed E-state index contributed by atoms with van der Waals surface area (Å²) in [4.78, 5) is 21.2. The Bertz CT molecular complexity index is 964. The molecule has 0 aliphatic rings. The molecule has 1 atom stereocenters. The molecule has 1 unspecified atom stereocenters. The maximum absolute atomic E-state index is 12.6. The molecule has 0 bridgehead atoms. The lowest BCUT2D eigenvalue weighted by Crippen LogP contribution is -2.12. The molecule has 0 fully saturated rings. The molecule has 0 radical (unpaired) electrons. The highest BCUT2D eigenvalue weighted by molar-refractivity contribution is 5.88. The van der Waals surface area contributed by atoms with E-state index >= 15 is 0 Å². The highest BCUT2D eigenvalue weighted by Gasteiger charge is 2.17. The largest absolute Gasteiger partial charge is 0.454 e. The van der Waals surface area contributed by atoms with Gasteiger partial charge in [-0.15, -0.1) is 0 Å². The molecule has 1 heterocycles. The van der Waals surface area contributed by atoms with Crippen LogP contribution in [0.2, 0.25) is 0 Å². The lowest BCUT2D eigenvalue weighted by molar-refractivity contribution is 0.0287. The molecule has 0 aliphatic heterocycles. The van der Waals surface area contributed by atoms with Gasteiger partial charge in [-0.2, -0.15) is 0 Å². The molecule has 0 amide bonds. The van der Waals surface area contributed by atoms with Crippen LogP contribution in [0.25, 0.3) is 11.1 Å². The average Bonchev–Trinajstić information content (AvgIpc) is 2.85. The summed E-state index contributed by atoms with van der Waals surface area (Å²) in [7, 11) is 0. The number of carbonyl (C=O) groups is 1. The first-order chi connectivity index (χ1) is 15.6. The lowest BCUT2D eigenvalue weighted by Gasteiger charge is -2.17. The van der Waals surface area contributed by atoms with E-state index in [-0.39, 0.29) is 12.1 Å². The molecule has 1 aromatic heterocycles. The average molecular weight is 431 g/mol. The van der Waals surface area contributed by atoms with E-state index < -0.39 is 0 Å². The quantitative estimate of drug-likeness (QED) is 0.303. The van der Waals surface area contributed by atoms with Gasteiger partial charge in [-0.1, -0.05) is 82.1 Å². The Morgan fingerprint density at radius 2 is 1.38 bits per heavy atom. The Morgan fingerprint density at radius 3 is 1.94 bits per heavy atom. The number of hydrogen-bond donors (Lipinski definition) is 0. The Balaban J connectivity index is 1.64. The molecule has 0 saturated heterocycles. The van der Waals surface area contributed by atoms with E-state index in [4.69, 9.17) is 4.74 Å². The summed E-state index contributed by atoms with van der Waals surface area (Å²) in [5.74, 6) is 0.384. The third kappa shape index (κ3) is 6.49. The van der Waals surface area contributed by atoms with Crippen LogP contribution in [0.5, 0.6) is 0 Å². The van der Waals surface area contributed by atoms with Gasteiger partial charge in [0.2, 0.25) is 0 Å². The molecule has 0 saturated carbocycles. The van der Waals surface area contributed by atoms with Crippen molar-refractivity contribution in [2.75, 3.05) is 0 Å². The molecular formula is C28H34N2O2. The van der Waals surface area contributed by atoms with Crippen molar-refractivity contribution in [1.82, 2.24) is 9.97 Å². The van der Waals surface area contributed by atoms with E-state index in [1.807, 2.05) is 19.1 Å². The first-order valence-corrected chi connectivity index (χ1v) is 11.9. The molecule has 0 N–H and O–H groups in total. The topological polar surface area (TPSA) is 52.1 Å². The van der Waals surface area contributed by atoms with Crippen LogP contribution in [0.4, 0.5) is 0 Å². The second-order valence-electron chi connectivity index (χ2n) is 8.22. The van der Waals surface area contributed by atoms with E-state index in [0.29, 0.717) is 12.0 Å². The zero-order chi connectivity index (χ0) is 22.8. The van der Waals surface area contributed by atoms with Gasteiger partial charge in [-0.25, -0.2) is 14.8 Å². The first-order valence-electron chi connectivity index (χ1n) is 11.9. The highest BCUT2D eigenvalue weighted by Crippen LogP contribution is 2.26. The minimum absolute atomic E-state index is 0.298. The number of aryl methyl sites for hydroxylation is 2. The van der Waals surface area contributed by atoms with Crippen LogP contribution in [0, 0.1) is 0 Å². The Kier molecular flexibility index (Phi) is 8.97. The SMILES string of the molecule is CCCCc1ccc(-c2ccc(C(CC)OC(=O)c3cnc(CCCC)nc3)cc2)cc1. The summed E-state index contributed by atoms with van der Waals surface area (Å²) in [6, 6.07) is 17.1. The predicted molar refractivity (Wildman–Crippen MR) is 130 cm³/mol. The maximum Gasteiger partial charge on any atom is 0.341 e. The Hall–Kier alpha value is -3.01. The number of aromatic nitrogens is 2. The van der Waals surface area contributed by atoms with E-state index in [2.05, 4.69) is 60.2 Å². The van der Waals surface area contributed by atoms with Crippen molar-refractivity contribution < 1.29 is 9.53 Å². The summed E-state index contributed by atoms with van der Waals surface area (Å²) < 4.78 is 5.77. The molecule has 0 spiro atoms. The fourth-order valence-corrected chi connectivity index (χ4v) is 3.64. The first kappa shape index (κ1) is 23.6. The maximum atomic E-state index is 12.6. The summed E-state index contributed by atoms with van der Waals surface area (Å²) in [5.41, 5.74) is 5.12. The number of nitrogens with zero attached hydrogens (tertiary/aromatic N) is 2. The van der Waals surface area contributed by atoms with Gasteiger partial charge in [0.1, 0.15) is 11.9 Å². The predicted octanol–water partition coefficient (Wildman–Crippen LogP) is 7.14. The van der Waals surface area contributed by atoms with E-state index in [1.165, 1.54) is 24.0 Å². The third-order valence-electron chi connectivity index (χ3n) is 5.70. The van der Waals surface area contributed by atoms with Gasteiger partial charge in [0, 0.05) is 18.8 Å². The Labute approximate surface area is 192 Å². The minimum atomic E-state index is -0.384. The van der Waals surface area contributed by atoms with Crippen LogP contribution >= 0.6 is 0 Å². The van der Waals surface area contributed by atoms with E-state index in [0.717, 1.165) is 42.6 Å². The van der Waals surface area contributed by atoms with E-state index in [1.54, 1.807) is 12.4 Å². The molecule has 2 aromatic carbocycles. The van der Waals surface area contributed by atoms with Crippen LogP contribution in [0.1, 0.15) is 86.3 Å². The van der Waals surface area contributed by atoms with Gasteiger partial charge in [0.15, 0.2) is 0 Å². The van der Waals surface area contributed by atoms with Crippen LogP contribution < -0.4 is 0 Å². The van der Waals surface area contributed by atoms with Crippen molar-refractivity contribution >= 4 is 5.97 Å². The minimum Gasteiger partial charge on any atom is -0.454 e. The smallest absolute Gasteiger partial charge is 0.341 e. The molecule has 4 nitrogen and oxygen atoms in total. The van der Waals surface area contributed by atoms with Crippen molar-refractivity contribution in [2.45, 2.75) is 71.8 Å². The molecule has 168 valence electrons. The fourth-order valence-electron chi connectivity index (χ4n) is 3.64. The van der Waals surface area contributed by atoms with Gasteiger partial charge < -0.3 is 4.74 Å². The number of ether oxygens (including phenoxy) is 1. The normalized spacial score (nSPS) is 11.8. The standard InChI is InChI=1S/C28H34N2O2/c1-4-7-9-21-11-13-22(14-12-21)23-15-17-24(18-16-23)26(6-3)32-28(31)25-19-29-27(30-20-25)10-8-5-2/h11-20,26H,4-10H2,1-3H3. The summed E-state index contributed by atoms with van der Waals surface area (Å²) >= 11 is 0. The summed E-state index contributed by atoms with van der Waals surface area (Å²) in [5, 5.41) is 0. The monoisotopic (exact) mass is 430 g/mol. The number of carbonyl (C=O) groups excluding carboxylic acids is 1. The molecule has 4 heteroatoms. The van der Waals surface area contributed by atoms with Crippen LogP contribution in [0.3, 0.4) is 0 Å². The van der Waals surface area contributed by atoms with Crippen molar-refractivity contribution in [2.24, 2.45) is 0 Å². The molecule has 3 rings (SSSR count). The zero-order valence-electron chi connectivity index (χ0n) is 19.5. The van der Waals surface area contributed by atoms with Gasteiger partial charge in [0.25, 0.3) is 0 Å². The number of benzene rings is 2. The van der Waals surface area contributed by atoms with Crippen molar-refractivity contribution in [3.63, 3.8) is 0 Å². The van der Waals surface area contributed by atoms with Crippen LogP contribution in [-0.4, -0.2) is 15.9 Å². The highest BCUT2D eigenvalue weighted by atomic mass is 16.5. The van der Waals surface area contributed by atoms with Gasteiger partial charge in [-0.05, 0) is 47.9 Å². The van der Waals surface area contributed by atoms with Gasteiger partial charge >= 0.3 is 5.97 Å². The molecular weight excluding hydrogens is 396 g/mol. The third-order valence-corrected chi connectivity index (χ3v) is 5.70. The molecule has 32 heavy (non-hydrogen) atoms. The van der Waals surface area contributed by atoms with Crippen molar-refractivity contribution in [3.8, 4) is 11.1 Å². The van der Waals surface area contributed by atoms with Crippen LogP contribution in [-0.2, 0) is 17.6 Å². The molecule has 3 aromatic rings. The van der Waals surface area contributed by atoms with Gasteiger partial charge in [-0.3, -0.25) is 0 Å². The second kappa shape index (κ2) is 12.1. The lowest BCUT2D eigenvalue weighted by atomic mass is 9.99. The number of hydrogen-bond acceptors (Lipinski definition) is 4. The number of esters is 1. The second-order valence-corrected chi connectivity index (χ2v) is 8.22. The Morgan fingerprint density at radius 1 is 0.812 bits per heavy atom. The zero-order valence-corrected chi connectivity index (χ0v) is 19.5. The fraction of sp³-hybridized carbons (Fsp3) is 0.393. The summed E-state index contributed by atoms with van der Waals surface area (Å²) in [6.45, 7) is 6.37. The van der Waals surface area contributed by atoms with Gasteiger partial charge in [0.05, 0.1) is 5.56 Å². The summed E-state index contributed by atoms with van der Waals surface area (Å²) in [6.07, 6.45) is 10.1. The molecule has 0 aliphatic carbocycles. The van der Waals surface area contributed by atoms with Crippen molar-refractivity contribution in [3.05, 3.63) is 83.4 Å². The van der Waals surface area contributed by atoms with Crippen LogP contribution in [0.15, 0.2) is 60.9 Å².